The van der Waals surface area contributed by atoms with Gasteiger partial charge in [-0.3, -0.25) is 0 Å². The summed E-state index contributed by atoms with van der Waals surface area (Å²) in [5.41, 5.74) is 1.76. The number of benzene rings is 2. The molecule has 0 amide bonds. The zero-order valence-corrected chi connectivity index (χ0v) is 13.1. The van der Waals surface area contributed by atoms with E-state index in [1.165, 1.54) is 12.1 Å². The maximum absolute atomic E-state index is 13.4. The van der Waals surface area contributed by atoms with Gasteiger partial charge < -0.3 is 9.63 Å². The van der Waals surface area contributed by atoms with Crippen LogP contribution < -0.4 is 0 Å². The minimum atomic E-state index is -0.353. The van der Waals surface area contributed by atoms with Crippen molar-refractivity contribution in [2.75, 3.05) is 0 Å². The van der Waals surface area contributed by atoms with Crippen LogP contribution in [0, 0.1) is 16.3 Å². The summed E-state index contributed by atoms with van der Waals surface area (Å²) >= 11 is 2.13. The molecule has 1 aromatic heterocycles. The molecule has 0 spiro atoms. The average Bonchev–Trinajstić information content (AvgIpc) is 2.90. The SMILES string of the molecule is Cc1cc(F)cc(-c2noc(-c3cc(I)ccc3O)n2)c1. The molecule has 3 rings (SSSR count). The molecule has 2 aromatic carbocycles. The fraction of sp³-hybridized carbons (Fsp3) is 0.0667. The normalized spacial score (nSPS) is 10.8. The molecule has 0 aliphatic rings. The molecule has 0 saturated carbocycles. The summed E-state index contributed by atoms with van der Waals surface area (Å²) in [4.78, 5) is 4.23. The third-order valence-electron chi connectivity index (χ3n) is 2.92. The largest absolute Gasteiger partial charge is 0.507 e. The lowest BCUT2D eigenvalue weighted by molar-refractivity contribution is 0.425. The third-order valence-corrected chi connectivity index (χ3v) is 3.59. The fourth-order valence-corrected chi connectivity index (χ4v) is 2.49. The van der Waals surface area contributed by atoms with Crippen LogP contribution in [0.25, 0.3) is 22.8 Å². The van der Waals surface area contributed by atoms with Crippen LogP contribution in [0.15, 0.2) is 40.9 Å². The average molecular weight is 396 g/mol. The van der Waals surface area contributed by atoms with E-state index in [0.29, 0.717) is 11.1 Å². The number of nitrogens with zero attached hydrogens (tertiary/aromatic N) is 2. The van der Waals surface area contributed by atoms with Crippen molar-refractivity contribution < 1.29 is 14.0 Å². The highest BCUT2D eigenvalue weighted by atomic mass is 127. The molecule has 4 nitrogen and oxygen atoms in total. The Hall–Kier alpha value is -1.96. The van der Waals surface area contributed by atoms with E-state index in [9.17, 15) is 9.50 Å². The Bertz CT molecular complexity index is 797. The van der Waals surface area contributed by atoms with Crippen LogP contribution in [0.5, 0.6) is 5.75 Å². The van der Waals surface area contributed by atoms with Gasteiger partial charge in [-0.25, -0.2) is 4.39 Å². The van der Waals surface area contributed by atoms with E-state index in [2.05, 4.69) is 32.7 Å². The van der Waals surface area contributed by atoms with Crippen LogP contribution in [0.3, 0.4) is 0 Å². The van der Waals surface area contributed by atoms with E-state index in [1.807, 2.05) is 0 Å². The maximum atomic E-state index is 13.4. The second kappa shape index (κ2) is 5.44. The Morgan fingerprint density at radius 3 is 2.76 bits per heavy atom. The number of aromatic nitrogens is 2. The Morgan fingerprint density at radius 1 is 1.19 bits per heavy atom. The lowest BCUT2D eigenvalue weighted by Crippen LogP contribution is -1.86. The third kappa shape index (κ3) is 2.90. The van der Waals surface area contributed by atoms with Crippen molar-refractivity contribution in [3.63, 3.8) is 0 Å². The van der Waals surface area contributed by atoms with Crippen LogP contribution in [-0.2, 0) is 0 Å². The van der Waals surface area contributed by atoms with Gasteiger partial charge in [0.1, 0.15) is 11.6 Å². The predicted octanol–water partition coefficient (Wildman–Crippen LogP) is 4.16. The lowest BCUT2D eigenvalue weighted by Gasteiger charge is -1.99. The number of phenolic OH excluding ortho intramolecular Hbond substituents is 1. The zero-order chi connectivity index (χ0) is 15.0. The first-order valence-corrected chi connectivity index (χ1v) is 7.21. The molecule has 0 bridgehead atoms. The standard InChI is InChI=1S/C15H10FIN2O2/c1-8-4-9(6-10(16)5-8)14-18-15(21-19-14)12-7-11(17)2-3-13(12)20/h2-7,20H,1H3. The van der Waals surface area contributed by atoms with Gasteiger partial charge in [0.05, 0.1) is 5.56 Å². The molecule has 0 unspecified atom stereocenters. The quantitative estimate of drug-likeness (QED) is 0.661. The lowest BCUT2D eigenvalue weighted by atomic mass is 10.1. The van der Waals surface area contributed by atoms with Crippen molar-refractivity contribution in [3.8, 4) is 28.6 Å². The van der Waals surface area contributed by atoms with Crippen molar-refractivity contribution >= 4 is 22.6 Å². The number of hydrogen-bond acceptors (Lipinski definition) is 4. The number of phenols is 1. The zero-order valence-electron chi connectivity index (χ0n) is 11.0. The molecule has 0 aliphatic heterocycles. The van der Waals surface area contributed by atoms with Gasteiger partial charge in [0.2, 0.25) is 5.82 Å². The molecule has 0 aliphatic carbocycles. The van der Waals surface area contributed by atoms with Gasteiger partial charge in [-0.2, -0.15) is 4.98 Å². The van der Waals surface area contributed by atoms with E-state index in [0.717, 1.165) is 9.13 Å². The Balaban J connectivity index is 2.05. The molecule has 106 valence electrons. The maximum Gasteiger partial charge on any atom is 0.262 e. The van der Waals surface area contributed by atoms with Crippen molar-refractivity contribution in [1.29, 1.82) is 0 Å². The molecule has 1 N–H and O–H groups in total. The predicted molar refractivity (Wildman–Crippen MR) is 84.2 cm³/mol. The summed E-state index contributed by atoms with van der Waals surface area (Å²) in [7, 11) is 0. The fourth-order valence-electron chi connectivity index (χ4n) is 2.00. The van der Waals surface area contributed by atoms with Crippen LogP contribution in [-0.4, -0.2) is 15.2 Å². The summed E-state index contributed by atoms with van der Waals surface area (Å²) in [5.74, 6) is 0.184. The summed E-state index contributed by atoms with van der Waals surface area (Å²) < 4.78 is 19.5. The number of hydrogen-bond donors (Lipinski definition) is 1. The van der Waals surface area contributed by atoms with Crippen LogP contribution in [0.2, 0.25) is 0 Å². The number of rotatable bonds is 2. The highest BCUT2D eigenvalue weighted by Crippen LogP contribution is 2.31. The van der Waals surface area contributed by atoms with Gasteiger partial charge in [0.15, 0.2) is 0 Å². The van der Waals surface area contributed by atoms with E-state index in [4.69, 9.17) is 4.52 Å². The van der Waals surface area contributed by atoms with Crippen LogP contribution in [0.4, 0.5) is 4.39 Å². The Kier molecular flexibility index (Phi) is 3.62. The highest BCUT2D eigenvalue weighted by Gasteiger charge is 2.15. The van der Waals surface area contributed by atoms with Crippen molar-refractivity contribution in [2.45, 2.75) is 6.92 Å². The molecule has 3 aromatic rings. The number of halogens is 2. The second-order valence-electron chi connectivity index (χ2n) is 4.60. The molecule has 0 radical (unpaired) electrons. The summed E-state index contributed by atoms with van der Waals surface area (Å²) in [6.45, 7) is 1.79. The number of aromatic hydroxyl groups is 1. The summed E-state index contributed by atoms with van der Waals surface area (Å²) in [5, 5.41) is 13.7. The van der Waals surface area contributed by atoms with Gasteiger partial charge in [-0.15, -0.1) is 0 Å². The van der Waals surface area contributed by atoms with Crippen LogP contribution in [0.1, 0.15) is 5.56 Å². The molecule has 0 atom stereocenters. The minimum Gasteiger partial charge on any atom is -0.507 e. The minimum absolute atomic E-state index is 0.0565. The first-order valence-electron chi connectivity index (χ1n) is 6.13. The van der Waals surface area contributed by atoms with Gasteiger partial charge in [-0.05, 0) is 71.5 Å². The van der Waals surface area contributed by atoms with Gasteiger partial charge in [0.25, 0.3) is 5.89 Å². The van der Waals surface area contributed by atoms with Crippen molar-refractivity contribution in [1.82, 2.24) is 10.1 Å². The van der Waals surface area contributed by atoms with Crippen molar-refractivity contribution in [3.05, 3.63) is 51.3 Å². The van der Waals surface area contributed by atoms with Crippen LogP contribution >= 0.6 is 22.6 Å². The molecular weight excluding hydrogens is 386 g/mol. The molecule has 6 heteroatoms. The number of aryl methyl sites for hydroxylation is 1. The topological polar surface area (TPSA) is 59.2 Å². The van der Waals surface area contributed by atoms with E-state index in [1.54, 1.807) is 31.2 Å². The van der Waals surface area contributed by atoms with E-state index in [-0.39, 0.29) is 23.3 Å². The van der Waals surface area contributed by atoms with E-state index >= 15 is 0 Å². The monoisotopic (exact) mass is 396 g/mol. The van der Waals surface area contributed by atoms with E-state index < -0.39 is 0 Å². The molecular formula is C15H10FIN2O2. The molecule has 21 heavy (non-hydrogen) atoms. The summed E-state index contributed by atoms with van der Waals surface area (Å²) in [6.07, 6.45) is 0. The molecule has 0 saturated heterocycles. The summed E-state index contributed by atoms with van der Waals surface area (Å²) in [6, 6.07) is 9.61. The Morgan fingerprint density at radius 2 is 2.00 bits per heavy atom. The highest BCUT2D eigenvalue weighted by molar-refractivity contribution is 14.1. The van der Waals surface area contributed by atoms with Gasteiger partial charge >= 0.3 is 0 Å². The Labute approximate surface area is 133 Å². The van der Waals surface area contributed by atoms with Crippen molar-refractivity contribution in [2.24, 2.45) is 0 Å². The van der Waals surface area contributed by atoms with Gasteiger partial charge in [0, 0.05) is 9.13 Å². The first kappa shape index (κ1) is 14.0. The second-order valence-corrected chi connectivity index (χ2v) is 5.85. The molecule has 0 fully saturated rings. The van der Waals surface area contributed by atoms with Gasteiger partial charge in [-0.1, -0.05) is 5.16 Å². The smallest absolute Gasteiger partial charge is 0.262 e. The first-order chi connectivity index (χ1) is 10.0. The molecule has 1 heterocycles.